The van der Waals surface area contributed by atoms with Crippen LogP contribution in [0.3, 0.4) is 0 Å². The molecule has 0 spiro atoms. The van der Waals surface area contributed by atoms with Crippen molar-refractivity contribution in [2.75, 3.05) is 5.73 Å². The zero-order valence-corrected chi connectivity index (χ0v) is 13.6. The Morgan fingerprint density at radius 1 is 1.04 bits per heavy atom. The molecular weight excluding hydrogens is 314 g/mol. The molecule has 3 rings (SSSR count). The third-order valence-corrected chi connectivity index (χ3v) is 3.45. The highest BCUT2D eigenvalue weighted by Crippen LogP contribution is 2.12. The molecule has 4 N–H and O–H groups in total. The van der Waals surface area contributed by atoms with Crippen molar-refractivity contribution in [2.24, 2.45) is 0 Å². The average molecular weight is 333 g/mol. The van der Waals surface area contributed by atoms with Gasteiger partial charge in [0.15, 0.2) is 0 Å². The third kappa shape index (κ3) is 4.94. The van der Waals surface area contributed by atoms with E-state index in [4.69, 9.17) is 16.2 Å². The van der Waals surface area contributed by atoms with E-state index in [1.165, 1.54) is 12.1 Å². The van der Waals surface area contributed by atoms with Crippen LogP contribution < -0.4 is 5.73 Å². The van der Waals surface area contributed by atoms with Gasteiger partial charge in [0.05, 0.1) is 5.56 Å². The summed E-state index contributed by atoms with van der Waals surface area (Å²) in [5.41, 5.74) is 8.88. The van der Waals surface area contributed by atoms with E-state index < -0.39 is 5.97 Å². The molecule has 0 atom stereocenters. The normalized spacial score (nSPS) is 9.60. The number of hydrogen-bond acceptors (Lipinski definition) is 3. The average Bonchev–Trinajstić information content (AvgIpc) is 3.17. The van der Waals surface area contributed by atoms with Gasteiger partial charge in [0, 0.05) is 30.0 Å². The zero-order valence-electron chi connectivity index (χ0n) is 13.6. The molecule has 3 aromatic rings. The van der Waals surface area contributed by atoms with Crippen LogP contribution >= 0.6 is 0 Å². The molecule has 0 saturated carbocycles. The Hall–Kier alpha value is -3.60. The lowest BCUT2D eigenvalue weighted by Crippen LogP contribution is -1.96. The predicted molar refractivity (Wildman–Crippen MR) is 101 cm³/mol. The fourth-order valence-electron chi connectivity index (χ4n) is 2.09. The Morgan fingerprint density at radius 2 is 1.64 bits per heavy atom. The quantitative estimate of drug-likeness (QED) is 0.495. The number of anilines is 1. The highest BCUT2D eigenvalue weighted by Gasteiger charge is 2.03. The maximum absolute atomic E-state index is 10.6. The van der Waals surface area contributed by atoms with Crippen LogP contribution in [-0.4, -0.2) is 21.9 Å². The lowest BCUT2D eigenvalue weighted by Gasteiger charge is -2.01. The van der Waals surface area contributed by atoms with Crippen LogP contribution in [0.15, 0.2) is 79.6 Å². The first-order valence-electron chi connectivity index (χ1n) is 7.53. The summed E-state index contributed by atoms with van der Waals surface area (Å²) >= 11 is 0. The minimum Gasteiger partial charge on any atom is -0.478 e. The number of carboxylic acids is 1. The Balaban J connectivity index is 0.000000181. The van der Waals surface area contributed by atoms with Crippen LogP contribution in [0, 0.1) is 5.41 Å². The molecule has 2 aromatic carbocycles. The van der Waals surface area contributed by atoms with Crippen molar-refractivity contribution in [1.29, 1.82) is 5.41 Å². The first-order chi connectivity index (χ1) is 12.0. The molecule has 0 aliphatic rings. The molecule has 1 heterocycles. The van der Waals surface area contributed by atoms with Crippen molar-refractivity contribution >= 4 is 23.4 Å². The summed E-state index contributed by atoms with van der Waals surface area (Å²) in [6.07, 6.45) is 5.11. The minimum absolute atomic E-state index is 0.209. The molecule has 1 aromatic heterocycles. The molecule has 5 nitrogen and oxygen atoms in total. The van der Waals surface area contributed by atoms with E-state index in [2.05, 4.69) is 6.58 Å². The molecule has 0 radical (unpaired) electrons. The van der Waals surface area contributed by atoms with Gasteiger partial charge in [0.1, 0.15) is 0 Å². The van der Waals surface area contributed by atoms with Crippen LogP contribution in [0.4, 0.5) is 5.69 Å². The van der Waals surface area contributed by atoms with E-state index in [9.17, 15) is 4.79 Å². The first-order valence-corrected chi connectivity index (χ1v) is 7.53. The Morgan fingerprint density at radius 3 is 2.20 bits per heavy atom. The van der Waals surface area contributed by atoms with E-state index >= 15 is 0 Å². The fourth-order valence-corrected chi connectivity index (χ4v) is 2.09. The number of carbonyl (C=O) groups is 1. The van der Waals surface area contributed by atoms with Gasteiger partial charge in [-0.1, -0.05) is 18.7 Å². The van der Waals surface area contributed by atoms with Gasteiger partial charge in [-0.3, -0.25) is 0 Å². The summed E-state index contributed by atoms with van der Waals surface area (Å²) in [4.78, 5) is 10.6. The van der Waals surface area contributed by atoms with Gasteiger partial charge in [-0.2, -0.15) is 0 Å². The van der Waals surface area contributed by atoms with Crippen LogP contribution in [-0.2, 0) is 0 Å². The summed E-state index contributed by atoms with van der Waals surface area (Å²) in [6, 6.07) is 18.1. The van der Waals surface area contributed by atoms with Crippen LogP contribution in [0.2, 0.25) is 0 Å². The van der Waals surface area contributed by atoms with Gasteiger partial charge in [0.25, 0.3) is 0 Å². The van der Waals surface area contributed by atoms with Crippen LogP contribution in [0.5, 0.6) is 0 Å². The van der Waals surface area contributed by atoms with Gasteiger partial charge in [-0.05, 0) is 59.7 Å². The standard InChI is InChI=1S/C10H10N2.C10H9NO2/c11-9-3-5-10(6-4-9)12-7-1-2-8-12;1-7(6-11)8-3-2-4-9(5-8)10(12)13/h1-8H,11H2;2-6,11H,1H2,(H,12,13). The van der Waals surface area contributed by atoms with Gasteiger partial charge in [-0.25, -0.2) is 4.79 Å². The molecular formula is C20H19N3O2. The third-order valence-electron chi connectivity index (χ3n) is 3.45. The van der Waals surface area contributed by atoms with Crippen molar-refractivity contribution < 1.29 is 9.90 Å². The number of rotatable bonds is 4. The second kappa shape index (κ2) is 8.31. The van der Waals surface area contributed by atoms with E-state index in [1.54, 1.807) is 12.1 Å². The fraction of sp³-hybridized carbons (Fsp3) is 0. The summed E-state index contributed by atoms with van der Waals surface area (Å²) in [5.74, 6) is -0.973. The zero-order chi connectivity index (χ0) is 18.2. The number of nitrogens with zero attached hydrogens (tertiary/aromatic N) is 1. The van der Waals surface area contributed by atoms with Gasteiger partial charge < -0.3 is 20.8 Å². The maximum atomic E-state index is 10.6. The smallest absolute Gasteiger partial charge is 0.335 e. The Labute approximate surface area is 146 Å². The maximum Gasteiger partial charge on any atom is 0.335 e. The summed E-state index contributed by atoms with van der Waals surface area (Å²) < 4.78 is 2.04. The second-order valence-corrected chi connectivity index (χ2v) is 5.24. The second-order valence-electron chi connectivity index (χ2n) is 5.24. The lowest BCUT2D eigenvalue weighted by molar-refractivity contribution is 0.0697. The molecule has 0 aliphatic carbocycles. The highest BCUT2D eigenvalue weighted by atomic mass is 16.4. The number of nitrogens with two attached hydrogens (primary N) is 1. The first kappa shape index (κ1) is 17.7. The van der Waals surface area contributed by atoms with Gasteiger partial charge in [0.2, 0.25) is 0 Å². The number of nitrogen functional groups attached to an aromatic ring is 1. The van der Waals surface area contributed by atoms with Crippen molar-refractivity contribution in [3.63, 3.8) is 0 Å². The molecule has 0 fully saturated rings. The number of allylic oxidation sites excluding steroid dienone is 1. The lowest BCUT2D eigenvalue weighted by atomic mass is 10.1. The van der Waals surface area contributed by atoms with E-state index in [-0.39, 0.29) is 5.56 Å². The largest absolute Gasteiger partial charge is 0.478 e. The van der Waals surface area contributed by atoms with Gasteiger partial charge in [-0.15, -0.1) is 0 Å². The molecule has 126 valence electrons. The number of aromatic nitrogens is 1. The topological polar surface area (TPSA) is 92.1 Å². The number of nitrogens with one attached hydrogen (secondary N) is 1. The monoisotopic (exact) mass is 333 g/mol. The minimum atomic E-state index is -0.973. The number of hydrogen-bond donors (Lipinski definition) is 3. The summed E-state index contributed by atoms with van der Waals surface area (Å²) in [5, 5.41) is 15.6. The number of aromatic carboxylic acids is 1. The Bertz CT molecular complexity index is 866. The molecule has 0 amide bonds. The molecule has 25 heavy (non-hydrogen) atoms. The Kier molecular flexibility index (Phi) is 5.90. The van der Waals surface area contributed by atoms with Crippen molar-refractivity contribution in [1.82, 2.24) is 4.57 Å². The van der Waals surface area contributed by atoms with E-state index in [1.807, 2.05) is 53.4 Å². The van der Waals surface area contributed by atoms with E-state index in [0.717, 1.165) is 17.6 Å². The van der Waals surface area contributed by atoms with Gasteiger partial charge >= 0.3 is 5.97 Å². The van der Waals surface area contributed by atoms with Crippen molar-refractivity contribution in [2.45, 2.75) is 0 Å². The summed E-state index contributed by atoms with van der Waals surface area (Å²) in [7, 11) is 0. The molecule has 0 aliphatic heterocycles. The highest BCUT2D eigenvalue weighted by molar-refractivity contribution is 6.07. The van der Waals surface area contributed by atoms with Crippen LogP contribution in [0.1, 0.15) is 15.9 Å². The summed E-state index contributed by atoms with van der Waals surface area (Å²) in [6.45, 7) is 3.61. The molecule has 5 heteroatoms. The number of carboxylic acid groups (broad SMARTS) is 1. The predicted octanol–water partition coefficient (Wildman–Crippen LogP) is 4.11. The van der Waals surface area contributed by atoms with Crippen molar-refractivity contribution in [3.8, 4) is 5.69 Å². The molecule has 0 unspecified atom stereocenters. The number of benzene rings is 2. The van der Waals surface area contributed by atoms with Crippen molar-refractivity contribution in [3.05, 3.63) is 90.8 Å². The SMILES string of the molecule is C=C(C=N)c1cccc(C(=O)O)c1.Nc1ccc(-n2cccc2)cc1. The van der Waals surface area contributed by atoms with E-state index in [0.29, 0.717) is 11.1 Å². The molecule has 0 bridgehead atoms. The van der Waals surface area contributed by atoms with Crippen LogP contribution in [0.25, 0.3) is 11.3 Å². The molecule has 0 saturated heterocycles.